The van der Waals surface area contributed by atoms with Crippen molar-refractivity contribution in [1.82, 2.24) is 0 Å². The van der Waals surface area contributed by atoms with E-state index in [1.165, 1.54) is 7.11 Å². The van der Waals surface area contributed by atoms with Crippen LogP contribution >= 0.6 is 7.82 Å². The minimum Gasteiger partial charge on any atom is -0.380 e. The van der Waals surface area contributed by atoms with Gasteiger partial charge in [-0.15, -0.1) is 0 Å². The highest BCUT2D eigenvalue weighted by Crippen LogP contribution is 2.54. The number of hydrogen-bond donors (Lipinski definition) is 0. The van der Waals surface area contributed by atoms with Crippen molar-refractivity contribution < 1.29 is 27.6 Å². The molecule has 7 atom stereocenters. The van der Waals surface area contributed by atoms with E-state index in [4.69, 9.17) is 38.6 Å². The first kappa shape index (κ1) is 21.5. The molecule has 25 heavy (non-hydrogen) atoms. The van der Waals surface area contributed by atoms with Gasteiger partial charge in [-0.3, -0.25) is 13.6 Å². The van der Waals surface area contributed by atoms with Gasteiger partial charge in [0.25, 0.3) is 0 Å². The summed E-state index contributed by atoms with van der Waals surface area (Å²) >= 11 is 0. The molecular weight excluding hydrogens is 340 g/mol. The van der Waals surface area contributed by atoms with E-state index in [2.05, 4.69) is 6.92 Å². The highest BCUT2D eigenvalue weighted by atomic mass is 31.2. The van der Waals surface area contributed by atoms with Crippen LogP contribution in [0.1, 0.15) is 39.0 Å². The van der Waals surface area contributed by atoms with Gasteiger partial charge < -0.3 is 9.47 Å². The number of phosphoric acid groups is 1. The summed E-state index contributed by atoms with van der Waals surface area (Å²) in [6.07, 6.45) is 3.46. The topological polar surface area (TPSA) is 63.2 Å². The number of ether oxygens (including phenoxy) is 2. The van der Waals surface area contributed by atoms with Gasteiger partial charge in [0.2, 0.25) is 0 Å². The Kier molecular flexibility index (Phi) is 8.57. The minimum atomic E-state index is -3.69. The van der Waals surface area contributed by atoms with Crippen LogP contribution in [0.4, 0.5) is 0 Å². The lowest BCUT2D eigenvalue weighted by molar-refractivity contribution is -0.0275. The molecule has 1 aliphatic heterocycles. The molecule has 1 saturated carbocycles. The fraction of sp³-hybridized carbons (Fsp3) is 1.00. The standard InChI is InChI=1S/C15H27B3O6P/c1-4-5-10-6-11(18-17)7-12(10)24-25(19,21-3)22-9-14-13(20-2)8-15(16)23-14/h10-15H,4-9H2,1-3H3/t10-,11+,12?,13?,14+,15+,25?/m0/s1. The van der Waals surface area contributed by atoms with Crippen molar-refractivity contribution in [3.63, 3.8) is 0 Å². The van der Waals surface area contributed by atoms with Crippen molar-refractivity contribution in [3.05, 3.63) is 0 Å². The van der Waals surface area contributed by atoms with Gasteiger partial charge in [0.05, 0.1) is 26.0 Å². The third-order valence-electron chi connectivity index (χ3n) is 5.01. The smallest absolute Gasteiger partial charge is 0.380 e. The maximum Gasteiger partial charge on any atom is 0.474 e. The third-order valence-corrected chi connectivity index (χ3v) is 6.46. The number of methoxy groups -OCH3 is 1. The second kappa shape index (κ2) is 9.96. The fourth-order valence-electron chi connectivity index (χ4n) is 3.69. The molecule has 2 rings (SSSR count). The fourth-order valence-corrected chi connectivity index (χ4v) is 4.86. The normalized spacial score (nSPS) is 37.9. The Morgan fingerprint density at radius 3 is 2.60 bits per heavy atom. The van der Waals surface area contributed by atoms with Crippen LogP contribution in [0, 0.1) is 5.92 Å². The molecule has 6 nitrogen and oxygen atoms in total. The van der Waals surface area contributed by atoms with E-state index in [1.807, 2.05) is 0 Å². The van der Waals surface area contributed by atoms with Crippen molar-refractivity contribution in [2.45, 2.75) is 69.2 Å². The van der Waals surface area contributed by atoms with Crippen LogP contribution in [0.5, 0.6) is 0 Å². The molecule has 2 fully saturated rings. The Bertz CT molecular complexity index is 457. The first-order chi connectivity index (χ1) is 11.9. The molecule has 0 bridgehead atoms. The second-order valence-electron chi connectivity index (χ2n) is 6.76. The first-order valence-corrected chi connectivity index (χ1v) is 10.4. The van der Waals surface area contributed by atoms with Gasteiger partial charge in [0, 0.05) is 28.0 Å². The molecule has 10 heteroatoms. The molecular formula is C15H27B3O6P. The molecule has 137 valence electrons. The Balaban J connectivity index is 1.93. The highest BCUT2D eigenvalue weighted by molar-refractivity contribution is 7.48. The Labute approximate surface area is 154 Å². The Morgan fingerprint density at radius 2 is 2.00 bits per heavy atom. The monoisotopic (exact) mass is 367 g/mol. The van der Waals surface area contributed by atoms with Gasteiger partial charge in [-0.25, -0.2) is 4.57 Å². The molecule has 5 radical (unpaired) electrons. The summed E-state index contributed by atoms with van der Waals surface area (Å²) in [5.41, 5.74) is 0. The largest absolute Gasteiger partial charge is 0.474 e. The summed E-state index contributed by atoms with van der Waals surface area (Å²) < 4.78 is 40.2. The second-order valence-corrected chi connectivity index (χ2v) is 8.49. The van der Waals surface area contributed by atoms with Crippen LogP contribution in [0.2, 0.25) is 5.82 Å². The highest BCUT2D eigenvalue weighted by Gasteiger charge is 2.41. The zero-order valence-electron chi connectivity index (χ0n) is 15.3. The molecule has 1 saturated heterocycles. The van der Waals surface area contributed by atoms with E-state index >= 15 is 0 Å². The van der Waals surface area contributed by atoms with Gasteiger partial charge >= 0.3 is 7.82 Å². The zero-order valence-corrected chi connectivity index (χ0v) is 16.2. The average molecular weight is 367 g/mol. The summed E-state index contributed by atoms with van der Waals surface area (Å²) in [5.74, 6) is 0.561. The number of hydrogen-bond acceptors (Lipinski definition) is 6. The van der Waals surface area contributed by atoms with E-state index in [9.17, 15) is 4.57 Å². The van der Waals surface area contributed by atoms with Crippen LogP contribution in [-0.2, 0) is 27.6 Å². The van der Waals surface area contributed by atoms with Gasteiger partial charge in [-0.2, -0.15) is 0 Å². The molecule has 2 aliphatic rings. The van der Waals surface area contributed by atoms with Gasteiger partial charge in [-0.1, -0.05) is 25.6 Å². The zero-order chi connectivity index (χ0) is 18.4. The van der Waals surface area contributed by atoms with Crippen molar-refractivity contribution in [2.24, 2.45) is 5.92 Å². The predicted octanol–water partition coefficient (Wildman–Crippen LogP) is 2.23. The van der Waals surface area contributed by atoms with Crippen molar-refractivity contribution in [1.29, 1.82) is 0 Å². The maximum absolute atomic E-state index is 12.9. The van der Waals surface area contributed by atoms with Crippen LogP contribution in [0.3, 0.4) is 0 Å². The Morgan fingerprint density at radius 1 is 1.24 bits per heavy atom. The summed E-state index contributed by atoms with van der Waals surface area (Å²) in [6, 6.07) is -0.411. The lowest BCUT2D eigenvalue weighted by atomic mass is 9.47. The molecule has 0 aromatic rings. The third kappa shape index (κ3) is 5.85. The molecule has 0 aromatic carbocycles. The molecule has 0 N–H and O–H groups in total. The van der Waals surface area contributed by atoms with Crippen LogP contribution in [0.15, 0.2) is 0 Å². The summed E-state index contributed by atoms with van der Waals surface area (Å²) in [5, 5.41) is 0. The molecule has 0 spiro atoms. The number of phosphoric ester groups is 1. The molecule has 0 amide bonds. The van der Waals surface area contributed by atoms with E-state index in [0.29, 0.717) is 12.3 Å². The predicted molar refractivity (Wildman–Crippen MR) is 98.2 cm³/mol. The molecule has 1 heterocycles. The molecule has 3 unspecified atom stereocenters. The van der Waals surface area contributed by atoms with Crippen LogP contribution in [0.25, 0.3) is 0 Å². The quantitative estimate of drug-likeness (QED) is 0.436. The minimum absolute atomic E-state index is 0.0366. The van der Waals surface area contributed by atoms with E-state index in [-0.39, 0.29) is 24.6 Å². The lowest BCUT2D eigenvalue weighted by Gasteiger charge is -2.26. The van der Waals surface area contributed by atoms with E-state index in [0.717, 1.165) is 25.7 Å². The number of rotatable bonds is 10. The van der Waals surface area contributed by atoms with Gasteiger partial charge in [0.15, 0.2) is 0 Å². The molecule has 0 aromatic heterocycles. The summed E-state index contributed by atoms with van der Waals surface area (Å²) in [7, 11) is 12.4. The Hall–Kier alpha value is 0.225. The van der Waals surface area contributed by atoms with E-state index < -0.39 is 19.9 Å². The van der Waals surface area contributed by atoms with Crippen molar-refractivity contribution in [2.75, 3.05) is 20.8 Å². The van der Waals surface area contributed by atoms with Crippen LogP contribution in [-0.4, -0.2) is 67.9 Å². The van der Waals surface area contributed by atoms with Gasteiger partial charge in [-0.05, 0) is 25.2 Å². The molecule has 1 aliphatic carbocycles. The SMILES string of the molecule is [B][B][C@H]1CC(OP(=O)(OC)OC[C@H]2O[C@@H]([B])CC2OC)[C@@H](CCC)C1. The first-order valence-electron chi connectivity index (χ1n) is 8.92. The van der Waals surface area contributed by atoms with Crippen molar-refractivity contribution in [3.8, 4) is 0 Å². The van der Waals surface area contributed by atoms with Crippen LogP contribution < -0.4 is 0 Å². The maximum atomic E-state index is 12.9. The summed E-state index contributed by atoms with van der Waals surface area (Å²) in [6.45, 7) is 2.16. The lowest BCUT2D eigenvalue weighted by Crippen LogP contribution is -2.28. The van der Waals surface area contributed by atoms with E-state index in [1.54, 1.807) is 14.3 Å². The summed E-state index contributed by atoms with van der Waals surface area (Å²) in [4.78, 5) is 0. The average Bonchev–Trinajstić information content (AvgIpc) is 3.16. The van der Waals surface area contributed by atoms with Gasteiger partial charge in [0.1, 0.15) is 14.0 Å². The van der Waals surface area contributed by atoms with Crippen molar-refractivity contribution >= 4 is 30.6 Å².